The summed E-state index contributed by atoms with van der Waals surface area (Å²) in [6.07, 6.45) is 2.73. The normalized spacial score (nSPS) is 24.4. The highest BCUT2D eigenvalue weighted by Crippen LogP contribution is 2.32. The Balaban J connectivity index is 1.78. The number of carbonyl (C=O) groups excluding carboxylic acids is 1. The Kier molecular flexibility index (Phi) is 5.04. The average Bonchev–Trinajstić information content (AvgIpc) is 2.31. The van der Waals surface area contributed by atoms with Gasteiger partial charge in [-0.3, -0.25) is 0 Å². The number of alkyl carbamates (subject to hydrolysis) is 1. The minimum absolute atomic E-state index is 0.158. The van der Waals surface area contributed by atoms with Gasteiger partial charge in [0.1, 0.15) is 5.60 Å². The number of carbonyl (C=O) groups is 1. The van der Waals surface area contributed by atoms with E-state index in [-0.39, 0.29) is 17.7 Å². The van der Waals surface area contributed by atoms with Gasteiger partial charge in [-0.15, -0.1) is 0 Å². The second kappa shape index (κ2) is 6.34. The van der Waals surface area contributed by atoms with E-state index < -0.39 is 11.4 Å². The third-order valence-corrected chi connectivity index (χ3v) is 4.07. The van der Waals surface area contributed by atoms with Gasteiger partial charge in [-0.1, -0.05) is 0 Å². The second-order valence-electron chi connectivity index (χ2n) is 7.86. The van der Waals surface area contributed by atoms with Crippen LogP contribution in [0.4, 0.5) is 4.79 Å². The van der Waals surface area contributed by atoms with Crippen LogP contribution in [-0.4, -0.2) is 48.8 Å². The Morgan fingerprint density at radius 1 is 1.23 bits per heavy atom. The average molecular weight is 314 g/mol. The number of hydrogen-bond acceptors (Lipinski definition) is 5. The van der Waals surface area contributed by atoms with Gasteiger partial charge in [-0.05, 0) is 53.9 Å². The van der Waals surface area contributed by atoms with Crippen molar-refractivity contribution >= 4 is 6.09 Å². The minimum atomic E-state index is -0.499. The number of hydrogen-bond donors (Lipinski definition) is 2. The zero-order chi connectivity index (χ0) is 16.4. The molecule has 1 aliphatic heterocycles. The molecule has 1 amide bonds. The standard InChI is InChI=1S/C16H30N2O4/c1-14(2,3)22-13(19)18-16(7-6-8-16)11-17-12-9-20-15(4,5)21-10-12/h12,17H,6-11H2,1-5H3,(H,18,19). The summed E-state index contributed by atoms with van der Waals surface area (Å²) in [7, 11) is 0. The molecule has 0 unspecified atom stereocenters. The first-order valence-corrected chi connectivity index (χ1v) is 8.12. The molecule has 128 valence electrons. The number of nitrogens with one attached hydrogen (secondary N) is 2. The summed E-state index contributed by atoms with van der Waals surface area (Å²) in [6.45, 7) is 11.4. The summed E-state index contributed by atoms with van der Waals surface area (Å²) in [6, 6.07) is 0.158. The number of ether oxygens (including phenoxy) is 3. The Bertz CT molecular complexity index is 389. The van der Waals surface area contributed by atoms with Gasteiger partial charge >= 0.3 is 6.09 Å². The fraction of sp³-hybridized carbons (Fsp3) is 0.938. The lowest BCUT2D eigenvalue weighted by molar-refractivity contribution is -0.253. The molecule has 1 aliphatic carbocycles. The first kappa shape index (κ1) is 17.5. The third-order valence-electron chi connectivity index (χ3n) is 4.07. The fourth-order valence-electron chi connectivity index (χ4n) is 2.62. The van der Waals surface area contributed by atoms with E-state index >= 15 is 0 Å². The van der Waals surface area contributed by atoms with Crippen molar-refractivity contribution in [2.24, 2.45) is 0 Å². The summed E-state index contributed by atoms with van der Waals surface area (Å²) in [5.74, 6) is -0.499. The predicted molar refractivity (Wildman–Crippen MR) is 83.7 cm³/mol. The molecule has 2 fully saturated rings. The van der Waals surface area contributed by atoms with Crippen LogP contribution >= 0.6 is 0 Å². The third kappa shape index (κ3) is 5.11. The summed E-state index contributed by atoms with van der Waals surface area (Å²) in [5.41, 5.74) is -0.672. The molecule has 0 spiro atoms. The van der Waals surface area contributed by atoms with Crippen molar-refractivity contribution < 1.29 is 19.0 Å². The van der Waals surface area contributed by atoms with Gasteiger partial charge in [-0.2, -0.15) is 0 Å². The molecule has 2 rings (SSSR count). The summed E-state index contributed by atoms with van der Waals surface area (Å²) >= 11 is 0. The molecule has 6 nitrogen and oxygen atoms in total. The lowest BCUT2D eigenvalue weighted by atomic mass is 9.76. The molecular formula is C16H30N2O4. The van der Waals surface area contributed by atoms with E-state index in [2.05, 4.69) is 10.6 Å². The van der Waals surface area contributed by atoms with E-state index in [9.17, 15) is 4.79 Å². The van der Waals surface area contributed by atoms with Crippen molar-refractivity contribution in [3.63, 3.8) is 0 Å². The van der Waals surface area contributed by atoms with Crippen LogP contribution in [0, 0.1) is 0 Å². The minimum Gasteiger partial charge on any atom is -0.444 e. The molecule has 1 saturated carbocycles. The molecular weight excluding hydrogens is 284 g/mol. The molecule has 0 aromatic rings. The van der Waals surface area contributed by atoms with Crippen LogP contribution < -0.4 is 10.6 Å². The number of amides is 1. The van der Waals surface area contributed by atoms with Crippen molar-refractivity contribution in [1.82, 2.24) is 10.6 Å². The van der Waals surface area contributed by atoms with E-state index in [0.29, 0.717) is 19.8 Å². The molecule has 0 bridgehead atoms. The zero-order valence-electron chi connectivity index (χ0n) is 14.5. The molecule has 0 aromatic heterocycles. The molecule has 2 aliphatic rings. The van der Waals surface area contributed by atoms with E-state index in [0.717, 1.165) is 19.3 Å². The highest BCUT2D eigenvalue weighted by atomic mass is 16.7. The van der Waals surface area contributed by atoms with Crippen LogP contribution in [0.3, 0.4) is 0 Å². The van der Waals surface area contributed by atoms with Crippen molar-refractivity contribution in [2.75, 3.05) is 19.8 Å². The first-order valence-electron chi connectivity index (χ1n) is 8.12. The molecule has 0 radical (unpaired) electrons. The summed E-state index contributed by atoms with van der Waals surface area (Å²) in [5, 5.41) is 6.49. The smallest absolute Gasteiger partial charge is 0.408 e. The molecule has 2 N–H and O–H groups in total. The summed E-state index contributed by atoms with van der Waals surface area (Å²) < 4.78 is 16.7. The van der Waals surface area contributed by atoms with E-state index in [1.807, 2.05) is 34.6 Å². The van der Waals surface area contributed by atoms with Crippen LogP contribution in [0.5, 0.6) is 0 Å². The molecule has 1 saturated heterocycles. The highest BCUT2D eigenvalue weighted by Gasteiger charge is 2.40. The first-order chi connectivity index (χ1) is 10.1. The van der Waals surface area contributed by atoms with E-state index in [1.165, 1.54) is 0 Å². The van der Waals surface area contributed by atoms with Gasteiger partial charge in [0.05, 0.1) is 24.8 Å². The molecule has 0 aromatic carbocycles. The molecule has 1 heterocycles. The van der Waals surface area contributed by atoms with E-state index in [1.54, 1.807) is 0 Å². The van der Waals surface area contributed by atoms with Gasteiger partial charge in [0, 0.05) is 6.54 Å². The summed E-state index contributed by atoms with van der Waals surface area (Å²) in [4.78, 5) is 12.0. The van der Waals surface area contributed by atoms with Crippen LogP contribution in [0.1, 0.15) is 53.9 Å². The molecule has 22 heavy (non-hydrogen) atoms. The van der Waals surface area contributed by atoms with Crippen molar-refractivity contribution in [3.05, 3.63) is 0 Å². The predicted octanol–water partition coefficient (Wildman–Crippen LogP) is 2.17. The van der Waals surface area contributed by atoms with Crippen LogP contribution in [-0.2, 0) is 14.2 Å². The van der Waals surface area contributed by atoms with Gasteiger partial charge in [-0.25, -0.2) is 4.79 Å². The zero-order valence-corrected chi connectivity index (χ0v) is 14.5. The topological polar surface area (TPSA) is 68.8 Å². The molecule has 0 atom stereocenters. The maximum atomic E-state index is 12.0. The monoisotopic (exact) mass is 314 g/mol. The Hall–Kier alpha value is -0.850. The van der Waals surface area contributed by atoms with Crippen LogP contribution in [0.25, 0.3) is 0 Å². The fourth-order valence-corrected chi connectivity index (χ4v) is 2.62. The van der Waals surface area contributed by atoms with E-state index in [4.69, 9.17) is 14.2 Å². The van der Waals surface area contributed by atoms with Crippen LogP contribution in [0.2, 0.25) is 0 Å². The highest BCUT2D eigenvalue weighted by molar-refractivity contribution is 5.69. The van der Waals surface area contributed by atoms with Crippen molar-refractivity contribution in [3.8, 4) is 0 Å². The Morgan fingerprint density at radius 2 is 1.82 bits per heavy atom. The lowest BCUT2D eigenvalue weighted by Crippen LogP contribution is -2.62. The van der Waals surface area contributed by atoms with Crippen LogP contribution in [0.15, 0.2) is 0 Å². The van der Waals surface area contributed by atoms with Gasteiger partial charge in [0.2, 0.25) is 0 Å². The second-order valence-corrected chi connectivity index (χ2v) is 7.86. The number of rotatable bonds is 4. The van der Waals surface area contributed by atoms with Gasteiger partial charge in [0.25, 0.3) is 0 Å². The maximum Gasteiger partial charge on any atom is 0.408 e. The molecule has 6 heteroatoms. The van der Waals surface area contributed by atoms with Gasteiger partial charge < -0.3 is 24.8 Å². The largest absolute Gasteiger partial charge is 0.444 e. The van der Waals surface area contributed by atoms with Gasteiger partial charge in [0.15, 0.2) is 5.79 Å². The SMILES string of the molecule is CC(C)(C)OC(=O)NC1(CNC2COC(C)(C)OC2)CCC1. The Labute approximate surface area is 133 Å². The lowest BCUT2D eigenvalue weighted by Gasteiger charge is -2.44. The quantitative estimate of drug-likeness (QED) is 0.832. The van der Waals surface area contributed by atoms with Crippen molar-refractivity contribution in [2.45, 2.75) is 76.9 Å². The maximum absolute atomic E-state index is 12.0. The Morgan fingerprint density at radius 3 is 2.27 bits per heavy atom. The van der Waals surface area contributed by atoms with Crippen molar-refractivity contribution in [1.29, 1.82) is 0 Å².